The van der Waals surface area contributed by atoms with E-state index in [1.807, 2.05) is 12.1 Å². The van der Waals surface area contributed by atoms with Crippen LogP contribution in [0, 0.1) is 17.0 Å². The van der Waals surface area contributed by atoms with Gasteiger partial charge < -0.3 is 10.1 Å². The maximum absolute atomic E-state index is 12.2. The number of nitrogens with zero attached hydrogens (tertiary/aromatic N) is 4. The lowest BCUT2D eigenvalue weighted by atomic mass is 9.87. The zero-order valence-corrected chi connectivity index (χ0v) is 15.6. The van der Waals surface area contributed by atoms with Crippen molar-refractivity contribution >= 4 is 17.4 Å². The molecule has 2 rings (SSSR count). The molecule has 1 heterocycles. The highest BCUT2D eigenvalue weighted by Gasteiger charge is 2.16. The van der Waals surface area contributed by atoms with E-state index in [0.29, 0.717) is 17.0 Å². The van der Waals surface area contributed by atoms with Crippen molar-refractivity contribution in [1.82, 2.24) is 15.2 Å². The first-order valence-electron chi connectivity index (χ1n) is 8.21. The van der Waals surface area contributed by atoms with Gasteiger partial charge in [-0.1, -0.05) is 32.9 Å². The summed E-state index contributed by atoms with van der Waals surface area (Å²) in [6, 6.07) is 8.78. The average molecular weight is 357 g/mol. The second-order valence-corrected chi connectivity index (χ2v) is 7.17. The summed E-state index contributed by atoms with van der Waals surface area (Å²) in [5.41, 5.74) is 5.40. The number of hydrazone groups is 1. The zero-order valence-electron chi connectivity index (χ0n) is 15.6. The van der Waals surface area contributed by atoms with E-state index in [1.54, 1.807) is 26.0 Å². The van der Waals surface area contributed by atoms with E-state index in [1.165, 1.54) is 10.7 Å². The molecule has 8 nitrogen and oxygen atoms in total. The number of aromatic nitrogens is 2. The molecule has 1 aromatic heterocycles. The number of rotatable bonds is 5. The number of carbonyl (C=O) groups is 1. The lowest BCUT2D eigenvalue weighted by molar-refractivity contribution is -0.389. The van der Waals surface area contributed by atoms with Crippen LogP contribution in [0.2, 0.25) is 0 Å². The van der Waals surface area contributed by atoms with Gasteiger partial charge in [-0.25, -0.2) is 5.43 Å². The van der Waals surface area contributed by atoms with Crippen LogP contribution in [0.5, 0.6) is 0 Å². The minimum Gasteiger partial charge on any atom is -0.358 e. The molecule has 0 atom stereocenters. The summed E-state index contributed by atoms with van der Waals surface area (Å²) < 4.78 is 1.47. The van der Waals surface area contributed by atoms with Crippen LogP contribution in [0.4, 0.5) is 5.82 Å². The largest absolute Gasteiger partial charge is 0.390 e. The molecule has 1 amide bonds. The first-order chi connectivity index (χ1) is 12.1. The second kappa shape index (κ2) is 7.47. The Bertz CT molecular complexity index is 845. The topological polar surface area (TPSA) is 102 Å². The molecule has 0 fully saturated rings. The van der Waals surface area contributed by atoms with E-state index in [4.69, 9.17) is 0 Å². The molecule has 0 aliphatic heterocycles. The summed E-state index contributed by atoms with van der Waals surface area (Å²) in [5.74, 6) is -0.522. The van der Waals surface area contributed by atoms with E-state index in [9.17, 15) is 14.9 Å². The quantitative estimate of drug-likeness (QED) is 0.504. The normalized spacial score (nSPS) is 12.1. The van der Waals surface area contributed by atoms with Crippen molar-refractivity contribution in [1.29, 1.82) is 0 Å². The van der Waals surface area contributed by atoms with Gasteiger partial charge in [0, 0.05) is 5.56 Å². The zero-order chi connectivity index (χ0) is 19.5. The van der Waals surface area contributed by atoms with Crippen LogP contribution in [0.1, 0.15) is 49.3 Å². The summed E-state index contributed by atoms with van der Waals surface area (Å²) in [6.07, 6.45) is 0. The number of benzene rings is 1. The van der Waals surface area contributed by atoms with E-state index >= 15 is 0 Å². The third kappa shape index (κ3) is 4.75. The van der Waals surface area contributed by atoms with Crippen LogP contribution >= 0.6 is 0 Å². The maximum Gasteiger partial charge on any atom is 0.390 e. The van der Waals surface area contributed by atoms with Crippen LogP contribution in [0.15, 0.2) is 35.4 Å². The number of nitro groups is 1. The van der Waals surface area contributed by atoms with Crippen molar-refractivity contribution in [2.45, 2.75) is 46.6 Å². The molecule has 0 radical (unpaired) electrons. The van der Waals surface area contributed by atoms with Gasteiger partial charge in [0.15, 0.2) is 0 Å². The summed E-state index contributed by atoms with van der Waals surface area (Å²) in [7, 11) is 0. The smallest absolute Gasteiger partial charge is 0.358 e. The van der Waals surface area contributed by atoms with Gasteiger partial charge in [0.05, 0.1) is 22.6 Å². The highest BCUT2D eigenvalue weighted by Crippen LogP contribution is 2.22. The molecular weight excluding hydrogens is 334 g/mol. The van der Waals surface area contributed by atoms with Gasteiger partial charge in [0.25, 0.3) is 5.91 Å². The van der Waals surface area contributed by atoms with Crippen molar-refractivity contribution in [3.63, 3.8) is 0 Å². The van der Waals surface area contributed by atoms with Gasteiger partial charge in [-0.05, 0) is 41.9 Å². The molecule has 138 valence electrons. The van der Waals surface area contributed by atoms with Crippen molar-refractivity contribution in [2.75, 3.05) is 0 Å². The Morgan fingerprint density at radius 2 is 1.92 bits per heavy atom. The number of hydrogen-bond donors (Lipinski definition) is 1. The maximum atomic E-state index is 12.2. The highest BCUT2D eigenvalue weighted by atomic mass is 16.6. The first kappa shape index (κ1) is 19.3. The molecule has 0 aliphatic carbocycles. The molecule has 1 N–H and O–H groups in total. The second-order valence-electron chi connectivity index (χ2n) is 7.17. The lowest BCUT2D eigenvalue weighted by Crippen LogP contribution is -2.21. The van der Waals surface area contributed by atoms with E-state index < -0.39 is 4.92 Å². The Balaban J connectivity index is 2.02. The van der Waals surface area contributed by atoms with Crippen LogP contribution in [0.3, 0.4) is 0 Å². The summed E-state index contributed by atoms with van der Waals surface area (Å²) in [4.78, 5) is 22.4. The molecule has 1 aromatic carbocycles. The average Bonchev–Trinajstić information content (AvgIpc) is 2.93. The molecule has 0 unspecified atom stereocenters. The molecule has 26 heavy (non-hydrogen) atoms. The summed E-state index contributed by atoms with van der Waals surface area (Å²) in [5, 5.41) is 18.7. The van der Waals surface area contributed by atoms with E-state index in [0.717, 1.165) is 5.56 Å². The number of hydrogen-bond acceptors (Lipinski definition) is 5. The lowest BCUT2D eigenvalue weighted by Gasteiger charge is -2.18. The van der Waals surface area contributed by atoms with Crippen LogP contribution < -0.4 is 5.43 Å². The Morgan fingerprint density at radius 3 is 2.42 bits per heavy atom. The molecule has 0 spiro atoms. The van der Waals surface area contributed by atoms with Gasteiger partial charge in [-0.3, -0.25) is 4.79 Å². The number of amides is 1. The minimum absolute atomic E-state index is 0.0218. The van der Waals surface area contributed by atoms with Crippen LogP contribution in [0.25, 0.3) is 0 Å². The molecular formula is C18H23N5O3. The van der Waals surface area contributed by atoms with Gasteiger partial charge in [-0.2, -0.15) is 9.78 Å². The van der Waals surface area contributed by atoms with Gasteiger partial charge in [-0.15, -0.1) is 0 Å². The fourth-order valence-electron chi connectivity index (χ4n) is 2.33. The van der Waals surface area contributed by atoms with Crippen LogP contribution in [-0.2, 0) is 12.0 Å². The predicted molar refractivity (Wildman–Crippen MR) is 99.3 cm³/mol. The van der Waals surface area contributed by atoms with Gasteiger partial charge in [0.1, 0.15) is 6.54 Å². The first-order valence-corrected chi connectivity index (χ1v) is 8.21. The Kier molecular flexibility index (Phi) is 5.54. The monoisotopic (exact) mass is 357 g/mol. The Morgan fingerprint density at radius 1 is 1.31 bits per heavy atom. The van der Waals surface area contributed by atoms with Crippen molar-refractivity contribution in [3.8, 4) is 0 Å². The predicted octanol–water partition coefficient (Wildman–Crippen LogP) is 3.20. The summed E-state index contributed by atoms with van der Waals surface area (Å²) in [6.45, 7) is 10.0. The van der Waals surface area contributed by atoms with Crippen molar-refractivity contribution < 1.29 is 9.72 Å². The number of aryl methyl sites for hydroxylation is 1. The number of nitrogens with one attached hydrogen (secondary N) is 1. The van der Waals surface area contributed by atoms with Crippen LogP contribution in [-0.4, -0.2) is 26.3 Å². The summed E-state index contributed by atoms with van der Waals surface area (Å²) >= 11 is 0. The number of carbonyl (C=O) groups excluding carboxylic acids is 1. The standard InChI is InChI=1S/C18H23N5O3/c1-12(11-22-13(2)10-16(21-22)23(25)26)19-20-17(24)14-6-8-15(9-7-14)18(3,4)5/h6-10H,11H2,1-5H3,(H,20,24). The van der Waals surface area contributed by atoms with E-state index in [2.05, 4.69) is 36.4 Å². The van der Waals surface area contributed by atoms with Crippen molar-refractivity contribution in [3.05, 3.63) is 57.3 Å². The fraction of sp³-hybridized carbons (Fsp3) is 0.389. The van der Waals surface area contributed by atoms with Gasteiger partial charge >= 0.3 is 5.82 Å². The SMILES string of the molecule is CC(Cn1nc([N+](=O)[O-])cc1C)=NNC(=O)c1ccc(C(C)(C)C)cc1. The molecule has 8 heteroatoms. The van der Waals surface area contributed by atoms with Crippen molar-refractivity contribution in [2.24, 2.45) is 5.10 Å². The third-order valence-electron chi connectivity index (χ3n) is 3.90. The molecule has 0 aliphatic rings. The highest BCUT2D eigenvalue weighted by molar-refractivity contribution is 5.95. The Hall–Kier alpha value is -3.03. The fourth-order valence-corrected chi connectivity index (χ4v) is 2.33. The Labute approximate surface area is 152 Å². The van der Waals surface area contributed by atoms with E-state index in [-0.39, 0.29) is 23.7 Å². The molecule has 2 aromatic rings. The van der Waals surface area contributed by atoms with Gasteiger partial charge in [0.2, 0.25) is 0 Å². The third-order valence-corrected chi connectivity index (χ3v) is 3.90. The molecule has 0 bridgehead atoms. The molecule has 0 saturated carbocycles. The minimum atomic E-state index is -0.543. The molecule has 0 saturated heterocycles.